The van der Waals surface area contributed by atoms with Crippen LogP contribution >= 0.6 is 15.9 Å². The van der Waals surface area contributed by atoms with Crippen LogP contribution in [0.15, 0.2) is 47.1 Å². The van der Waals surface area contributed by atoms with Crippen LogP contribution in [0, 0.1) is 5.82 Å². The summed E-state index contributed by atoms with van der Waals surface area (Å²) in [7, 11) is 0. The molecule has 0 spiro atoms. The molecule has 3 nitrogen and oxygen atoms in total. The molecule has 1 aromatic carbocycles. The summed E-state index contributed by atoms with van der Waals surface area (Å²) in [6, 6.07) is 11.1. The summed E-state index contributed by atoms with van der Waals surface area (Å²) >= 11 is 3.23. The molecule has 2 rings (SSSR count). The average molecular weight is 323 g/mol. The fraction of sp³-hybridized carbons (Fsp3) is 0.143. The number of rotatable bonds is 3. The SMILES string of the molecule is CCN(C(=O)c1cccc(Br)n1)c1cccc(F)c1. The lowest BCUT2D eigenvalue weighted by Gasteiger charge is -2.20. The zero-order valence-corrected chi connectivity index (χ0v) is 11.9. The number of aromatic nitrogens is 1. The van der Waals surface area contributed by atoms with Gasteiger partial charge in [0.2, 0.25) is 0 Å². The summed E-state index contributed by atoms with van der Waals surface area (Å²) in [6.07, 6.45) is 0. The highest BCUT2D eigenvalue weighted by Crippen LogP contribution is 2.18. The summed E-state index contributed by atoms with van der Waals surface area (Å²) in [4.78, 5) is 18.0. The Hall–Kier alpha value is -1.75. The smallest absolute Gasteiger partial charge is 0.276 e. The fourth-order valence-corrected chi connectivity index (χ4v) is 2.10. The molecule has 1 amide bonds. The summed E-state index contributed by atoms with van der Waals surface area (Å²) < 4.78 is 13.8. The minimum atomic E-state index is -0.369. The maximum Gasteiger partial charge on any atom is 0.276 e. The van der Waals surface area contributed by atoms with Crippen LogP contribution in [0.4, 0.5) is 10.1 Å². The van der Waals surface area contributed by atoms with Crippen molar-refractivity contribution in [3.05, 3.63) is 58.6 Å². The van der Waals surface area contributed by atoms with Crippen LogP contribution in [0.2, 0.25) is 0 Å². The Labute approximate surface area is 119 Å². The Balaban J connectivity index is 2.34. The summed E-state index contributed by atoms with van der Waals surface area (Å²) in [5, 5.41) is 0. The van der Waals surface area contributed by atoms with E-state index in [4.69, 9.17) is 0 Å². The van der Waals surface area contributed by atoms with Crippen molar-refractivity contribution >= 4 is 27.5 Å². The molecule has 0 N–H and O–H groups in total. The van der Waals surface area contributed by atoms with Gasteiger partial charge in [-0.25, -0.2) is 9.37 Å². The van der Waals surface area contributed by atoms with E-state index in [1.807, 2.05) is 6.92 Å². The first-order chi connectivity index (χ1) is 9.11. The average Bonchev–Trinajstić information content (AvgIpc) is 2.39. The number of anilines is 1. The molecule has 0 unspecified atom stereocenters. The van der Waals surface area contributed by atoms with Crippen molar-refractivity contribution < 1.29 is 9.18 Å². The molecule has 0 aliphatic carbocycles. The van der Waals surface area contributed by atoms with Gasteiger partial charge in [-0.15, -0.1) is 0 Å². The van der Waals surface area contributed by atoms with Crippen molar-refractivity contribution in [3.63, 3.8) is 0 Å². The molecule has 5 heteroatoms. The second kappa shape index (κ2) is 5.93. The highest BCUT2D eigenvalue weighted by molar-refractivity contribution is 9.10. The molecular formula is C14H12BrFN2O. The van der Waals surface area contributed by atoms with Crippen molar-refractivity contribution in [2.45, 2.75) is 6.92 Å². The van der Waals surface area contributed by atoms with Crippen LogP contribution in [0.25, 0.3) is 0 Å². The summed E-state index contributed by atoms with van der Waals surface area (Å²) in [5.74, 6) is -0.625. The Morgan fingerprint density at radius 2 is 2.05 bits per heavy atom. The second-order valence-corrected chi connectivity index (χ2v) is 4.69. The Bertz CT molecular complexity index is 604. The van der Waals surface area contributed by atoms with Gasteiger partial charge in [-0.1, -0.05) is 12.1 Å². The maximum absolute atomic E-state index is 13.2. The molecule has 1 heterocycles. The van der Waals surface area contributed by atoms with Crippen molar-refractivity contribution in [3.8, 4) is 0 Å². The van der Waals surface area contributed by atoms with Crippen LogP contribution in [-0.2, 0) is 0 Å². The van der Waals surface area contributed by atoms with E-state index in [0.717, 1.165) is 0 Å². The molecule has 0 fully saturated rings. The van der Waals surface area contributed by atoms with Gasteiger partial charge in [0.1, 0.15) is 16.1 Å². The third-order valence-corrected chi connectivity index (χ3v) is 3.06. The third kappa shape index (κ3) is 3.17. The Kier molecular flexibility index (Phi) is 4.27. The van der Waals surface area contributed by atoms with Gasteiger partial charge in [0, 0.05) is 12.2 Å². The van der Waals surface area contributed by atoms with Crippen molar-refractivity contribution in [1.82, 2.24) is 4.98 Å². The molecule has 0 radical (unpaired) electrons. The van der Waals surface area contributed by atoms with Crippen LogP contribution < -0.4 is 4.90 Å². The summed E-state index contributed by atoms with van der Waals surface area (Å²) in [6.45, 7) is 2.28. The molecule has 0 aliphatic heterocycles. The molecule has 2 aromatic rings. The van der Waals surface area contributed by atoms with Gasteiger partial charge in [-0.2, -0.15) is 0 Å². The van der Waals surface area contributed by atoms with E-state index in [-0.39, 0.29) is 11.7 Å². The Morgan fingerprint density at radius 3 is 2.68 bits per heavy atom. The van der Waals surface area contributed by atoms with Gasteiger partial charge in [-0.05, 0) is 53.2 Å². The Morgan fingerprint density at radius 1 is 1.32 bits per heavy atom. The highest BCUT2D eigenvalue weighted by atomic mass is 79.9. The number of carbonyl (C=O) groups is 1. The van der Waals surface area contributed by atoms with E-state index in [1.165, 1.54) is 17.0 Å². The lowest BCUT2D eigenvalue weighted by molar-refractivity contribution is 0.0983. The molecule has 19 heavy (non-hydrogen) atoms. The summed E-state index contributed by atoms with van der Waals surface area (Å²) in [5.41, 5.74) is 0.842. The van der Waals surface area contributed by atoms with Gasteiger partial charge >= 0.3 is 0 Å². The molecule has 0 aliphatic rings. The number of carbonyl (C=O) groups excluding carboxylic acids is 1. The van der Waals surface area contributed by atoms with Gasteiger partial charge in [0.15, 0.2) is 0 Å². The fourth-order valence-electron chi connectivity index (χ4n) is 1.75. The monoisotopic (exact) mass is 322 g/mol. The number of halogens is 2. The van der Waals surface area contributed by atoms with E-state index in [0.29, 0.717) is 22.5 Å². The van der Waals surface area contributed by atoms with Crippen LogP contribution in [0.1, 0.15) is 17.4 Å². The van der Waals surface area contributed by atoms with Gasteiger partial charge < -0.3 is 4.90 Å². The lowest BCUT2D eigenvalue weighted by atomic mass is 10.2. The lowest BCUT2D eigenvalue weighted by Crippen LogP contribution is -2.31. The van der Waals surface area contributed by atoms with Crippen molar-refractivity contribution in [1.29, 1.82) is 0 Å². The van der Waals surface area contributed by atoms with E-state index >= 15 is 0 Å². The predicted octanol–water partition coefficient (Wildman–Crippen LogP) is 3.65. The zero-order valence-electron chi connectivity index (χ0n) is 10.3. The highest BCUT2D eigenvalue weighted by Gasteiger charge is 2.17. The predicted molar refractivity (Wildman–Crippen MR) is 75.7 cm³/mol. The molecule has 0 bridgehead atoms. The number of benzene rings is 1. The molecular weight excluding hydrogens is 311 g/mol. The third-order valence-electron chi connectivity index (χ3n) is 2.62. The standard InChI is InChI=1S/C14H12BrFN2O/c1-2-18(11-6-3-5-10(16)9-11)14(19)12-7-4-8-13(15)17-12/h3-9H,2H2,1H3. The molecule has 98 valence electrons. The number of hydrogen-bond donors (Lipinski definition) is 0. The van der Waals surface area contributed by atoms with E-state index < -0.39 is 0 Å². The number of hydrogen-bond acceptors (Lipinski definition) is 2. The first kappa shape index (κ1) is 13.7. The number of nitrogens with zero attached hydrogens (tertiary/aromatic N) is 2. The number of pyridine rings is 1. The zero-order chi connectivity index (χ0) is 13.8. The normalized spacial score (nSPS) is 10.3. The van der Waals surface area contributed by atoms with Crippen LogP contribution in [-0.4, -0.2) is 17.4 Å². The van der Waals surface area contributed by atoms with Crippen LogP contribution in [0.3, 0.4) is 0 Å². The molecule has 0 saturated heterocycles. The first-order valence-electron chi connectivity index (χ1n) is 5.82. The van der Waals surface area contributed by atoms with Crippen LogP contribution in [0.5, 0.6) is 0 Å². The topological polar surface area (TPSA) is 33.2 Å². The minimum Gasteiger partial charge on any atom is -0.307 e. The van der Waals surface area contributed by atoms with E-state index in [2.05, 4.69) is 20.9 Å². The van der Waals surface area contributed by atoms with E-state index in [1.54, 1.807) is 30.3 Å². The van der Waals surface area contributed by atoms with E-state index in [9.17, 15) is 9.18 Å². The van der Waals surface area contributed by atoms with Gasteiger partial charge in [0.05, 0.1) is 0 Å². The van der Waals surface area contributed by atoms with Crippen molar-refractivity contribution in [2.75, 3.05) is 11.4 Å². The maximum atomic E-state index is 13.2. The number of amides is 1. The first-order valence-corrected chi connectivity index (χ1v) is 6.61. The second-order valence-electron chi connectivity index (χ2n) is 3.87. The minimum absolute atomic E-state index is 0.255. The largest absolute Gasteiger partial charge is 0.307 e. The molecule has 1 aromatic heterocycles. The van der Waals surface area contributed by atoms with Crippen molar-refractivity contribution in [2.24, 2.45) is 0 Å². The van der Waals surface area contributed by atoms with Gasteiger partial charge in [0.25, 0.3) is 5.91 Å². The van der Waals surface area contributed by atoms with Gasteiger partial charge in [-0.3, -0.25) is 4.79 Å². The molecule has 0 atom stereocenters. The quantitative estimate of drug-likeness (QED) is 0.808. The molecule has 0 saturated carbocycles.